The van der Waals surface area contributed by atoms with Crippen LogP contribution in [0.25, 0.3) is 0 Å². The van der Waals surface area contributed by atoms with Gasteiger partial charge in [0.15, 0.2) is 0 Å². The molecule has 3 aromatic rings. The molecule has 160 valence electrons. The molecule has 1 atom stereocenters. The summed E-state index contributed by atoms with van der Waals surface area (Å²) >= 11 is 0. The molecule has 0 saturated carbocycles. The molecule has 1 spiro atoms. The van der Waals surface area contributed by atoms with Gasteiger partial charge >= 0.3 is 11.1 Å². The third-order valence-electron chi connectivity index (χ3n) is 6.40. The Kier molecular flexibility index (Phi) is 4.94. The highest BCUT2D eigenvalue weighted by Gasteiger charge is 2.44. The Balaban J connectivity index is 1.35. The van der Waals surface area contributed by atoms with Crippen molar-refractivity contribution in [3.63, 3.8) is 0 Å². The summed E-state index contributed by atoms with van der Waals surface area (Å²) < 4.78 is 8.08. The number of methoxy groups -OCH3 is 1. The van der Waals surface area contributed by atoms with Gasteiger partial charge in [-0.25, -0.2) is 4.68 Å². The lowest BCUT2D eigenvalue weighted by Gasteiger charge is -2.22. The number of rotatable bonds is 5. The van der Waals surface area contributed by atoms with Crippen LogP contribution in [0.5, 0.6) is 5.75 Å². The standard InChI is InChI=1S/C23H25N5O3/c1-31-19-4-2-17(3-5-19)14-28-22(30)21(29)27-16-23(12-20(27)25-28)8-11-26(15-23)13-18-6-9-24-10-7-18/h2-7,9-10H,8,11-16H2,1H3/t23-/m1/s1. The number of ether oxygens (including phenoxy) is 1. The lowest BCUT2D eigenvalue weighted by molar-refractivity contribution is 0.246. The fourth-order valence-electron chi connectivity index (χ4n) is 4.80. The van der Waals surface area contributed by atoms with Gasteiger partial charge in [0.25, 0.3) is 0 Å². The van der Waals surface area contributed by atoms with Crippen molar-refractivity contribution in [2.24, 2.45) is 5.41 Å². The fourth-order valence-corrected chi connectivity index (χ4v) is 4.80. The van der Waals surface area contributed by atoms with Crippen molar-refractivity contribution in [2.45, 2.75) is 32.5 Å². The van der Waals surface area contributed by atoms with E-state index >= 15 is 0 Å². The summed E-state index contributed by atoms with van der Waals surface area (Å²) in [6.45, 7) is 3.58. The molecule has 0 N–H and O–H groups in total. The van der Waals surface area contributed by atoms with Crippen LogP contribution in [0.15, 0.2) is 58.4 Å². The number of fused-ring (bicyclic) bond motifs is 1. The van der Waals surface area contributed by atoms with Crippen LogP contribution in [0.3, 0.4) is 0 Å². The summed E-state index contributed by atoms with van der Waals surface area (Å²) in [6.07, 6.45) is 5.34. The summed E-state index contributed by atoms with van der Waals surface area (Å²) in [7, 11) is 1.61. The van der Waals surface area contributed by atoms with Crippen LogP contribution in [0.2, 0.25) is 0 Å². The number of benzene rings is 1. The van der Waals surface area contributed by atoms with Crippen LogP contribution in [0, 0.1) is 5.41 Å². The zero-order valence-electron chi connectivity index (χ0n) is 17.5. The maximum absolute atomic E-state index is 12.8. The van der Waals surface area contributed by atoms with Crippen LogP contribution >= 0.6 is 0 Å². The van der Waals surface area contributed by atoms with Gasteiger partial charge in [0.05, 0.1) is 13.7 Å². The Morgan fingerprint density at radius 2 is 1.71 bits per heavy atom. The average Bonchev–Trinajstić information content (AvgIpc) is 3.35. The number of pyridine rings is 1. The van der Waals surface area contributed by atoms with E-state index in [4.69, 9.17) is 4.74 Å². The fraction of sp³-hybridized carbons (Fsp3) is 0.391. The average molecular weight is 419 g/mol. The minimum absolute atomic E-state index is 0.0298. The Labute approximate surface area is 179 Å². The SMILES string of the molecule is COc1ccc(Cn2nc3n(c(=O)c2=O)C[C@]2(CCN(Cc4ccncc4)C2)C3)cc1. The van der Waals surface area contributed by atoms with Gasteiger partial charge in [0.2, 0.25) is 0 Å². The van der Waals surface area contributed by atoms with Gasteiger partial charge < -0.3 is 4.74 Å². The lowest BCUT2D eigenvalue weighted by Crippen LogP contribution is -2.43. The van der Waals surface area contributed by atoms with E-state index in [1.165, 1.54) is 10.2 Å². The van der Waals surface area contributed by atoms with Crippen molar-refractivity contribution >= 4 is 0 Å². The molecular formula is C23H25N5O3. The second-order valence-electron chi connectivity index (χ2n) is 8.61. The van der Waals surface area contributed by atoms with Crippen LogP contribution < -0.4 is 15.9 Å². The molecule has 1 fully saturated rings. The molecule has 0 unspecified atom stereocenters. The van der Waals surface area contributed by atoms with Gasteiger partial charge in [-0.2, -0.15) is 5.10 Å². The first-order chi connectivity index (χ1) is 15.0. The maximum atomic E-state index is 12.8. The summed E-state index contributed by atoms with van der Waals surface area (Å²) in [5.41, 5.74) is 1.07. The molecule has 1 aromatic carbocycles. The Hall–Kier alpha value is -3.26. The van der Waals surface area contributed by atoms with Crippen molar-refractivity contribution in [1.29, 1.82) is 0 Å². The van der Waals surface area contributed by atoms with Crippen molar-refractivity contribution in [1.82, 2.24) is 24.2 Å². The molecule has 4 heterocycles. The van der Waals surface area contributed by atoms with Crippen LogP contribution in [-0.2, 0) is 26.1 Å². The summed E-state index contributed by atoms with van der Waals surface area (Å²) in [6, 6.07) is 11.5. The van der Waals surface area contributed by atoms with E-state index in [9.17, 15) is 9.59 Å². The number of aromatic nitrogens is 4. The molecule has 2 aliphatic rings. The number of likely N-dealkylation sites (tertiary alicyclic amines) is 1. The highest BCUT2D eigenvalue weighted by molar-refractivity contribution is 5.27. The highest BCUT2D eigenvalue weighted by atomic mass is 16.5. The van der Waals surface area contributed by atoms with Crippen molar-refractivity contribution < 1.29 is 4.74 Å². The second kappa shape index (κ2) is 7.77. The van der Waals surface area contributed by atoms with Gasteiger partial charge in [-0.1, -0.05) is 12.1 Å². The summed E-state index contributed by atoms with van der Waals surface area (Å²) in [5.74, 6) is 1.46. The van der Waals surface area contributed by atoms with Crippen molar-refractivity contribution in [3.05, 3.63) is 86.5 Å². The van der Waals surface area contributed by atoms with E-state index in [1.807, 2.05) is 48.8 Å². The van der Waals surface area contributed by atoms with Gasteiger partial charge in [0, 0.05) is 43.9 Å². The van der Waals surface area contributed by atoms with E-state index in [0.29, 0.717) is 12.4 Å². The Morgan fingerprint density at radius 1 is 0.968 bits per heavy atom. The van der Waals surface area contributed by atoms with Gasteiger partial charge in [-0.05, 0) is 48.4 Å². The van der Waals surface area contributed by atoms with Gasteiger partial charge in [0.1, 0.15) is 11.6 Å². The molecular weight excluding hydrogens is 394 g/mol. The predicted molar refractivity (Wildman–Crippen MR) is 115 cm³/mol. The second-order valence-corrected chi connectivity index (χ2v) is 8.61. The third-order valence-corrected chi connectivity index (χ3v) is 6.40. The smallest absolute Gasteiger partial charge is 0.332 e. The molecule has 1 saturated heterocycles. The quantitative estimate of drug-likeness (QED) is 0.580. The monoisotopic (exact) mass is 419 g/mol. The third kappa shape index (κ3) is 3.79. The van der Waals surface area contributed by atoms with Crippen LogP contribution in [0.1, 0.15) is 23.4 Å². The van der Waals surface area contributed by atoms with E-state index in [1.54, 1.807) is 11.7 Å². The molecule has 0 amide bonds. The Morgan fingerprint density at radius 3 is 2.45 bits per heavy atom. The zero-order chi connectivity index (χ0) is 21.4. The first-order valence-corrected chi connectivity index (χ1v) is 10.5. The molecule has 0 aliphatic carbocycles. The van der Waals surface area contributed by atoms with Crippen molar-refractivity contribution in [3.8, 4) is 5.75 Å². The Bertz CT molecular complexity index is 1200. The topological polar surface area (TPSA) is 82.2 Å². The minimum Gasteiger partial charge on any atom is -0.497 e. The van der Waals surface area contributed by atoms with E-state index in [-0.39, 0.29) is 12.0 Å². The predicted octanol–water partition coefficient (Wildman–Crippen LogP) is 1.31. The minimum atomic E-state index is -0.566. The van der Waals surface area contributed by atoms with Crippen LogP contribution in [-0.4, -0.2) is 44.4 Å². The molecule has 5 rings (SSSR count). The molecule has 31 heavy (non-hydrogen) atoms. The first-order valence-electron chi connectivity index (χ1n) is 10.5. The van der Waals surface area contributed by atoms with Crippen molar-refractivity contribution in [2.75, 3.05) is 20.2 Å². The number of hydrogen-bond acceptors (Lipinski definition) is 6. The molecule has 0 radical (unpaired) electrons. The van der Waals surface area contributed by atoms with Gasteiger partial charge in [-0.15, -0.1) is 0 Å². The largest absolute Gasteiger partial charge is 0.497 e. The van der Waals surface area contributed by atoms with Gasteiger partial charge in [-0.3, -0.25) is 24.0 Å². The molecule has 0 bridgehead atoms. The van der Waals surface area contributed by atoms with E-state index in [0.717, 1.165) is 43.8 Å². The van der Waals surface area contributed by atoms with Crippen LogP contribution in [0.4, 0.5) is 0 Å². The van der Waals surface area contributed by atoms with E-state index in [2.05, 4.69) is 15.0 Å². The first kappa shape index (κ1) is 19.7. The molecule has 8 heteroatoms. The maximum Gasteiger partial charge on any atom is 0.332 e. The van der Waals surface area contributed by atoms with E-state index < -0.39 is 11.1 Å². The normalized spacial score (nSPS) is 20.3. The highest BCUT2D eigenvalue weighted by Crippen LogP contribution is 2.39. The zero-order valence-corrected chi connectivity index (χ0v) is 17.5. The lowest BCUT2D eigenvalue weighted by atomic mass is 9.86. The molecule has 2 aromatic heterocycles. The molecule has 8 nitrogen and oxygen atoms in total. The molecule has 2 aliphatic heterocycles. The number of hydrogen-bond donors (Lipinski definition) is 0. The number of nitrogens with zero attached hydrogens (tertiary/aromatic N) is 5. The summed E-state index contributed by atoms with van der Waals surface area (Å²) in [4.78, 5) is 32.0. The summed E-state index contributed by atoms with van der Waals surface area (Å²) in [5, 5.41) is 4.59.